The molecule has 1 aliphatic rings. The van der Waals surface area contributed by atoms with Crippen LogP contribution in [0.5, 0.6) is 5.75 Å². The standard InChI is InChI=1S/C22H24BrN3O3S.ClH/c1-3-22(30(27,28)21-15-16(23)7-8-20(21)29-2)26-12-9-17-18(5-4-6-19(17)26)25-13-10-24-11-14-25;/h3-9,12,15,22,24H,1,10-11,13-14H2,2H3;1H. The van der Waals surface area contributed by atoms with Gasteiger partial charge in [-0.15, -0.1) is 12.4 Å². The maximum absolute atomic E-state index is 13.6. The first-order valence-electron chi connectivity index (χ1n) is 9.72. The van der Waals surface area contributed by atoms with Gasteiger partial charge in [-0.3, -0.25) is 0 Å². The minimum atomic E-state index is -3.80. The zero-order valence-corrected chi connectivity index (χ0v) is 20.3. The molecular formula is C22H25BrClN3O3S. The summed E-state index contributed by atoms with van der Waals surface area (Å²) in [6.45, 7) is 7.54. The van der Waals surface area contributed by atoms with Gasteiger partial charge in [0, 0.05) is 47.9 Å². The topological polar surface area (TPSA) is 63.6 Å². The highest BCUT2D eigenvalue weighted by atomic mass is 79.9. The number of fused-ring (bicyclic) bond motifs is 1. The normalized spacial score (nSPS) is 15.4. The highest BCUT2D eigenvalue weighted by Crippen LogP contribution is 2.37. The average Bonchev–Trinajstić information content (AvgIpc) is 3.18. The van der Waals surface area contributed by atoms with Crippen LogP contribution in [0.15, 0.2) is 70.7 Å². The Morgan fingerprint density at radius 2 is 1.94 bits per heavy atom. The fraction of sp³-hybridized carbons (Fsp3) is 0.273. The molecule has 9 heteroatoms. The molecule has 1 saturated heterocycles. The molecule has 2 heterocycles. The number of ether oxygens (including phenoxy) is 1. The first-order chi connectivity index (χ1) is 14.5. The molecule has 1 N–H and O–H groups in total. The van der Waals surface area contributed by atoms with Gasteiger partial charge in [0.15, 0.2) is 5.37 Å². The minimum absolute atomic E-state index is 0. The van der Waals surface area contributed by atoms with Gasteiger partial charge < -0.3 is 19.5 Å². The molecule has 6 nitrogen and oxygen atoms in total. The van der Waals surface area contributed by atoms with Crippen molar-refractivity contribution in [2.45, 2.75) is 10.3 Å². The molecule has 31 heavy (non-hydrogen) atoms. The molecule has 0 aliphatic carbocycles. The highest BCUT2D eigenvalue weighted by molar-refractivity contribution is 9.10. The first-order valence-corrected chi connectivity index (χ1v) is 12.1. The second kappa shape index (κ2) is 9.65. The van der Waals surface area contributed by atoms with E-state index < -0.39 is 15.2 Å². The van der Waals surface area contributed by atoms with E-state index in [1.54, 1.807) is 22.8 Å². The zero-order chi connectivity index (χ0) is 21.3. The van der Waals surface area contributed by atoms with Crippen molar-refractivity contribution in [2.24, 2.45) is 0 Å². The second-order valence-corrected chi connectivity index (χ2v) is 10.1. The first kappa shape index (κ1) is 23.7. The number of hydrogen-bond donors (Lipinski definition) is 1. The summed E-state index contributed by atoms with van der Waals surface area (Å²) in [5.74, 6) is 0.308. The Bertz CT molecular complexity index is 1190. The molecule has 0 spiro atoms. The Labute approximate surface area is 197 Å². The van der Waals surface area contributed by atoms with Crippen molar-refractivity contribution in [3.8, 4) is 5.75 Å². The van der Waals surface area contributed by atoms with Gasteiger partial charge in [0.2, 0.25) is 9.84 Å². The number of methoxy groups -OCH3 is 1. The molecule has 3 aromatic rings. The highest BCUT2D eigenvalue weighted by Gasteiger charge is 2.31. The van der Waals surface area contributed by atoms with Crippen molar-refractivity contribution in [2.75, 3.05) is 38.2 Å². The number of benzene rings is 2. The van der Waals surface area contributed by atoms with E-state index >= 15 is 0 Å². The Morgan fingerprint density at radius 1 is 1.19 bits per heavy atom. The summed E-state index contributed by atoms with van der Waals surface area (Å²) in [7, 11) is -2.33. The monoisotopic (exact) mass is 525 g/mol. The SMILES string of the molecule is C=CC(n1ccc2c(N3CCNCC3)cccc21)S(=O)(=O)c1cc(Br)ccc1OC.Cl. The Kier molecular flexibility index (Phi) is 7.36. The summed E-state index contributed by atoms with van der Waals surface area (Å²) >= 11 is 3.37. The zero-order valence-electron chi connectivity index (χ0n) is 17.1. The van der Waals surface area contributed by atoms with E-state index in [9.17, 15) is 8.42 Å². The van der Waals surface area contributed by atoms with Crippen LogP contribution in [0, 0.1) is 0 Å². The lowest BCUT2D eigenvalue weighted by Gasteiger charge is -2.30. The molecule has 0 saturated carbocycles. The quantitative estimate of drug-likeness (QED) is 0.482. The van der Waals surface area contributed by atoms with Crippen LogP contribution in [0.2, 0.25) is 0 Å². The Balaban J connectivity index is 0.00000272. The summed E-state index contributed by atoms with van der Waals surface area (Å²) in [5, 5.41) is 3.43. The van der Waals surface area contributed by atoms with Gasteiger partial charge in [0.1, 0.15) is 10.6 Å². The summed E-state index contributed by atoms with van der Waals surface area (Å²) in [5.41, 5.74) is 1.97. The van der Waals surface area contributed by atoms with Gasteiger partial charge in [-0.2, -0.15) is 0 Å². The third-order valence-corrected chi connectivity index (χ3v) is 7.90. The lowest BCUT2D eigenvalue weighted by Crippen LogP contribution is -2.43. The fourth-order valence-corrected chi connectivity index (χ4v) is 6.20. The van der Waals surface area contributed by atoms with Gasteiger partial charge in [0.25, 0.3) is 0 Å². The van der Waals surface area contributed by atoms with E-state index in [-0.39, 0.29) is 17.3 Å². The van der Waals surface area contributed by atoms with Gasteiger partial charge >= 0.3 is 0 Å². The second-order valence-electron chi connectivity index (χ2n) is 7.14. The number of nitrogens with one attached hydrogen (secondary N) is 1. The largest absolute Gasteiger partial charge is 0.495 e. The Morgan fingerprint density at radius 3 is 2.61 bits per heavy atom. The van der Waals surface area contributed by atoms with Crippen LogP contribution < -0.4 is 15.0 Å². The van der Waals surface area contributed by atoms with E-state index in [1.807, 2.05) is 24.4 Å². The number of hydrogen-bond acceptors (Lipinski definition) is 5. The lowest BCUT2D eigenvalue weighted by molar-refractivity contribution is 0.402. The van der Waals surface area contributed by atoms with Crippen LogP contribution in [0.3, 0.4) is 0 Å². The molecule has 0 amide bonds. The fourth-order valence-electron chi connectivity index (χ4n) is 3.97. The number of piperazine rings is 1. The molecule has 1 aromatic heterocycles. The number of sulfone groups is 1. The van der Waals surface area contributed by atoms with Crippen molar-refractivity contribution in [3.05, 3.63) is 65.8 Å². The van der Waals surface area contributed by atoms with Crippen LogP contribution >= 0.6 is 28.3 Å². The van der Waals surface area contributed by atoms with Crippen molar-refractivity contribution >= 4 is 54.8 Å². The van der Waals surface area contributed by atoms with E-state index in [2.05, 4.69) is 38.8 Å². The predicted octanol–water partition coefficient (Wildman–Crippen LogP) is 4.40. The number of halogens is 2. The van der Waals surface area contributed by atoms with E-state index in [4.69, 9.17) is 4.74 Å². The average molecular weight is 527 g/mol. The third-order valence-electron chi connectivity index (χ3n) is 5.42. The van der Waals surface area contributed by atoms with Crippen molar-refractivity contribution in [1.82, 2.24) is 9.88 Å². The molecule has 1 aliphatic heterocycles. The molecule has 1 unspecified atom stereocenters. The molecule has 166 valence electrons. The maximum atomic E-state index is 13.6. The predicted molar refractivity (Wildman–Crippen MR) is 131 cm³/mol. The molecular weight excluding hydrogens is 502 g/mol. The van der Waals surface area contributed by atoms with E-state index in [0.29, 0.717) is 10.2 Å². The van der Waals surface area contributed by atoms with Crippen molar-refractivity contribution < 1.29 is 13.2 Å². The van der Waals surface area contributed by atoms with Crippen LogP contribution in [0.4, 0.5) is 5.69 Å². The maximum Gasteiger partial charge on any atom is 0.207 e. The van der Waals surface area contributed by atoms with Gasteiger partial charge in [-0.25, -0.2) is 8.42 Å². The molecule has 0 radical (unpaired) electrons. The number of aromatic nitrogens is 1. The summed E-state index contributed by atoms with van der Waals surface area (Å²) < 4.78 is 35.0. The van der Waals surface area contributed by atoms with Crippen LogP contribution in [-0.4, -0.2) is 46.3 Å². The molecule has 2 aromatic carbocycles. The lowest BCUT2D eigenvalue weighted by atomic mass is 10.2. The summed E-state index contributed by atoms with van der Waals surface area (Å²) in [6.07, 6.45) is 3.29. The van der Waals surface area contributed by atoms with Crippen molar-refractivity contribution in [1.29, 1.82) is 0 Å². The van der Waals surface area contributed by atoms with Gasteiger partial charge in [-0.1, -0.05) is 34.7 Å². The summed E-state index contributed by atoms with van der Waals surface area (Å²) in [6, 6.07) is 13.0. The molecule has 4 rings (SSSR count). The van der Waals surface area contributed by atoms with E-state index in [1.165, 1.54) is 13.2 Å². The van der Waals surface area contributed by atoms with E-state index in [0.717, 1.165) is 42.8 Å². The molecule has 1 fully saturated rings. The third kappa shape index (κ3) is 4.35. The smallest absolute Gasteiger partial charge is 0.207 e. The van der Waals surface area contributed by atoms with Crippen LogP contribution in [-0.2, 0) is 9.84 Å². The minimum Gasteiger partial charge on any atom is -0.495 e. The van der Waals surface area contributed by atoms with Crippen molar-refractivity contribution in [3.63, 3.8) is 0 Å². The number of nitrogens with zero attached hydrogens (tertiary/aromatic N) is 2. The van der Waals surface area contributed by atoms with Gasteiger partial charge in [0.05, 0.1) is 12.6 Å². The Hall–Kier alpha value is -2.00. The van der Waals surface area contributed by atoms with Gasteiger partial charge in [-0.05, 0) is 36.4 Å². The molecule has 1 atom stereocenters. The number of anilines is 1. The number of rotatable bonds is 6. The molecule has 0 bridgehead atoms. The van der Waals surface area contributed by atoms with Crippen LogP contribution in [0.25, 0.3) is 10.9 Å². The van der Waals surface area contributed by atoms with Crippen LogP contribution in [0.1, 0.15) is 5.37 Å². The summed E-state index contributed by atoms with van der Waals surface area (Å²) in [4.78, 5) is 2.46.